The lowest BCUT2D eigenvalue weighted by molar-refractivity contribution is -0.142. The van der Waals surface area contributed by atoms with Crippen LogP contribution in [0.3, 0.4) is 0 Å². The average molecular weight is 307 g/mol. The lowest BCUT2D eigenvalue weighted by atomic mass is 9.77. The van der Waals surface area contributed by atoms with Crippen LogP contribution in [-0.2, 0) is 15.0 Å². The number of aliphatic carboxylic acids is 1. The maximum Gasteiger partial charge on any atom is 0.308 e. The fraction of sp³-hybridized carbons (Fsp3) is 0.529. The van der Waals surface area contributed by atoms with E-state index in [0.29, 0.717) is 12.8 Å². The highest BCUT2D eigenvalue weighted by molar-refractivity contribution is 5.89. The van der Waals surface area contributed by atoms with Gasteiger partial charge in [-0.15, -0.1) is 0 Å². The monoisotopic (exact) mass is 307 g/mol. The number of carboxylic acids is 1. The molecule has 0 aliphatic heterocycles. The number of halogens is 1. The van der Waals surface area contributed by atoms with Crippen LogP contribution in [0.5, 0.6) is 0 Å². The Hall–Kier alpha value is -1.91. The van der Waals surface area contributed by atoms with Gasteiger partial charge in [0, 0.05) is 6.04 Å². The van der Waals surface area contributed by atoms with E-state index in [9.17, 15) is 14.0 Å². The lowest BCUT2D eigenvalue weighted by Gasteiger charge is -2.31. The molecule has 2 N–H and O–H groups in total. The number of rotatable bonds is 5. The minimum atomic E-state index is -0.935. The third-order valence-corrected chi connectivity index (χ3v) is 4.79. The molecule has 2 unspecified atom stereocenters. The van der Waals surface area contributed by atoms with Gasteiger partial charge >= 0.3 is 5.97 Å². The van der Waals surface area contributed by atoms with Crippen molar-refractivity contribution in [3.8, 4) is 0 Å². The smallest absolute Gasteiger partial charge is 0.308 e. The molecule has 0 aromatic heterocycles. The highest BCUT2D eigenvalue weighted by Gasteiger charge is 2.43. The number of carboxylic acid groups (broad SMARTS) is 1. The Kier molecular flexibility index (Phi) is 4.84. The summed E-state index contributed by atoms with van der Waals surface area (Å²) in [7, 11) is 0. The van der Waals surface area contributed by atoms with Gasteiger partial charge in [0.1, 0.15) is 5.82 Å². The Bertz CT molecular complexity index is 550. The molecule has 0 bridgehead atoms. The summed E-state index contributed by atoms with van der Waals surface area (Å²) >= 11 is 0. The van der Waals surface area contributed by atoms with Crippen LogP contribution >= 0.6 is 0 Å². The molecule has 120 valence electrons. The van der Waals surface area contributed by atoms with E-state index in [4.69, 9.17) is 5.11 Å². The fourth-order valence-corrected chi connectivity index (χ4v) is 3.08. The van der Waals surface area contributed by atoms with Crippen LogP contribution in [0.25, 0.3) is 0 Å². The normalized spacial score (nSPS) is 19.4. The Morgan fingerprint density at radius 1 is 1.18 bits per heavy atom. The first-order valence-corrected chi connectivity index (χ1v) is 7.66. The summed E-state index contributed by atoms with van der Waals surface area (Å²) in [6, 6.07) is 5.59. The average Bonchev–Trinajstić information content (AvgIpc) is 2.97. The van der Waals surface area contributed by atoms with E-state index in [1.807, 2.05) is 0 Å². The molecule has 1 aromatic rings. The van der Waals surface area contributed by atoms with Crippen molar-refractivity contribution in [2.75, 3.05) is 0 Å². The summed E-state index contributed by atoms with van der Waals surface area (Å²) < 4.78 is 13.1. The standard InChI is InChI=1S/C17H22FNO3/c1-11(15(20)21)12(2)19-16(22)17(9-3-4-10-17)13-5-7-14(18)8-6-13/h5-8,11-12H,3-4,9-10H2,1-2H3,(H,19,22)(H,20,21). The summed E-state index contributed by atoms with van der Waals surface area (Å²) in [5.41, 5.74) is 0.138. The van der Waals surface area contributed by atoms with Crippen molar-refractivity contribution in [3.63, 3.8) is 0 Å². The maximum absolute atomic E-state index is 13.1. The van der Waals surface area contributed by atoms with E-state index in [0.717, 1.165) is 18.4 Å². The van der Waals surface area contributed by atoms with Crippen LogP contribution in [0.15, 0.2) is 24.3 Å². The summed E-state index contributed by atoms with van der Waals surface area (Å²) in [5, 5.41) is 11.9. The number of hydrogen-bond donors (Lipinski definition) is 2. The molecule has 0 spiro atoms. The van der Waals surface area contributed by atoms with E-state index in [1.54, 1.807) is 26.0 Å². The number of benzene rings is 1. The van der Waals surface area contributed by atoms with E-state index < -0.39 is 23.3 Å². The topological polar surface area (TPSA) is 66.4 Å². The van der Waals surface area contributed by atoms with Crippen LogP contribution in [0.4, 0.5) is 4.39 Å². The maximum atomic E-state index is 13.1. The van der Waals surface area contributed by atoms with Crippen LogP contribution in [0, 0.1) is 11.7 Å². The second-order valence-electron chi connectivity index (χ2n) is 6.19. The Labute approximate surface area is 129 Å². The van der Waals surface area contributed by atoms with Crippen molar-refractivity contribution in [2.24, 2.45) is 5.92 Å². The van der Waals surface area contributed by atoms with Crippen molar-refractivity contribution in [1.29, 1.82) is 0 Å². The predicted octanol–water partition coefficient (Wildman–Crippen LogP) is 2.86. The summed E-state index contributed by atoms with van der Waals surface area (Å²) in [4.78, 5) is 23.8. The second-order valence-corrected chi connectivity index (χ2v) is 6.19. The molecule has 1 saturated carbocycles. The van der Waals surface area contributed by atoms with Crippen LogP contribution in [0.1, 0.15) is 45.1 Å². The second kappa shape index (κ2) is 6.46. The van der Waals surface area contributed by atoms with Crippen molar-refractivity contribution in [1.82, 2.24) is 5.32 Å². The summed E-state index contributed by atoms with van der Waals surface area (Å²) in [6.45, 7) is 3.27. The van der Waals surface area contributed by atoms with Gasteiger partial charge in [-0.1, -0.05) is 25.0 Å². The number of amides is 1. The highest BCUT2D eigenvalue weighted by atomic mass is 19.1. The number of nitrogens with one attached hydrogen (secondary N) is 1. The van der Waals surface area contributed by atoms with Gasteiger partial charge in [-0.05, 0) is 44.4 Å². The van der Waals surface area contributed by atoms with E-state index >= 15 is 0 Å². The third kappa shape index (κ3) is 3.13. The molecule has 0 heterocycles. The van der Waals surface area contributed by atoms with Gasteiger partial charge in [0.25, 0.3) is 0 Å². The Morgan fingerprint density at radius 2 is 1.73 bits per heavy atom. The fourth-order valence-electron chi connectivity index (χ4n) is 3.08. The molecule has 5 heteroatoms. The van der Waals surface area contributed by atoms with Gasteiger partial charge in [0.2, 0.25) is 5.91 Å². The molecular weight excluding hydrogens is 285 g/mol. The molecule has 22 heavy (non-hydrogen) atoms. The molecule has 1 aliphatic carbocycles. The molecule has 2 atom stereocenters. The van der Waals surface area contributed by atoms with Gasteiger partial charge in [-0.2, -0.15) is 0 Å². The van der Waals surface area contributed by atoms with E-state index in [-0.39, 0.29) is 11.7 Å². The van der Waals surface area contributed by atoms with E-state index in [2.05, 4.69) is 5.32 Å². The number of carbonyl (C=O) groups is 2. The van der Waals surface area contributed by atoms with E-state index in [1.165, 1.54) is 12.1 Å². The minimum Gasteiger partial charge on any atom is -0.481 e. The largest absolute Gasteiger partial charge is 0.481 e. The first-order chi connectivity index (χ1) is 10.4. The van der Waals surface area contributed by atoms with Crippen molar-refractivity contribution < 1.29 is 19.1 Å². The van der Waals surface area contributed by atoms with Crippen molar-refractivity contribution in [3.05, 3.63) is 35.6 Å². The quantitative estimate of drug-likeness (QED) is 0.879. The summed E-state index contributed by atoms with van der Waals surface area (Å²) in [6.07, 6.45) is 3.29. The van der Waals surface area contributed by atoms with Crippen molar-refractivity contribution in [2.45, 2.75) is 51.0 Å². The van der Waals surface area contributed by atoms with Crippen LogP contribution in [0.2, 0.25) is 0 Å². The van der Waals surface area contributed by atoms with Crippen LogP contribution in [-0.4, -0.2) is 23.0 Å². The molecule has 0 saturated heterocycles. The van der Waals surface area contributed by atoms with Gasteiger partial charge < -0.3 is 10.4 Å². The van der Waals surface area contributed by atoms with Gasteiger partial charge in [-0.3, -0.25) is 9.59 Å². The minimum absolute atomic E-state index is 0.155. The molecule has 1 aromatic carbocycles. The molecule has 1 amide bonds. The molecule has 1 fully saturated rings. The molecule has 4 nitrogen and oxygen atoms in total. The van der Waals surface area contributed by atoms with Gasteiger partial charge in [0.05, 0.1) is 11.3 Å². The zero-order valence-electron chi connectivity index (χ0n) is 12.9. The molecule has 2 rings (SSSR count). The molecular formula is C17H22FNO3. The SMILES string of the molecule is CC(NC(=O)C1(c2ccc(F)cc2)CCCC1)C(C)C(=O)O. The zero-order chi connectivity index (χ0) is 16.3. The molecule has 0 radical (unpaired) electrons. The zero-order valence-corrected chi connectivity index (χ0v) is 12.9. The Morgan fingerprint density at radius 3 is 2.23 bits per heavy atom. The first kappa shape index (κ1) is 16.5. The first-order valence-electron chi connectivity index (χ1n) is 7.66. The highest BCUT2D eigenvalue weighted by Crippen LogP contribution is 2.41. The number of carbonyl (C=O) groups excluding carboxylic acids is 1. The number of hydrogen-bond acceptors (Lipinski definition) is 2. The van der Waals surface area contributed by atoms with Crippen LogP contribution < -0.4 is 5.32 Å². The van der Waals surface area contributed by atoms with Crippen molar-refractivity contribution >= 4 is 11.9 Å². The summed E-state index contributed by atoms with van der Waals surface area (Å²) in [5.74, 6) is -2.08. The predicted molar refractivity (Wildman–Crippen MR) is 81.0 cm³/mol. The molecule has 1 aliphatic rings. The Balaban J connectivity index is 2.22. The van der Waals surface area contributed by atoms with Gasteiger partial charge in [-0.25, -0.2) is 4.39 Å². The third-order valence-electron chi connectivity index (χ3n) is 4.79. The van der Waals surface area contributed by atoms with Gasteiger partial charge in [0.15, 0.2) is 0 Å². The lowest BCUT2D eigenvalue weighted by Crippen LogP contribution is -2.49.